The Morgan fingerprint density at radius 3 is 2.55 bits per heavy atom. The number of benzene rings is 1. The van der Waals surface area contributed by atoms with Gasteiger partial charge in [0.15, 0.2) is 17.3 Å². The number of hydrogen-bond donors (Lipinski definition) is 2. The van der Waals surface area contributed by atoms with Crippen molar-refractivity contribution in [2.75, 3.05) is 40.6 Å². The molecule has 20 heavy (non-hydrogen) atoms. The van der Waals surface area contributed by atoms with Crippen LogP contribution in [0.2, 0.25) is 0 Å². The second-order valence-electron chi connectivity index (χ2n) is 3.80. The summed E-state index contributed by atoms with van der Waals surface area (Å²) < 4.78 is 20.9. The van der Waals surface area contributed by atoms with Gasteiger partial charge in [0.25, 0.3) is 0 Å². The maximum Gasteiger partial charge on any atom is 0.170 e. The van der Waals surface area contributed by atoms with Crippen LogP contribution in [0.15, 0.2) is 23.4 Å². The van der Waals surface area contributed by atoms with E-state index in [0.717, 1.165) is 0 Å². The lowest BCUT2D eigenvalue weighted by Crippen LogP contribution is -2.14. The van der Waals surface area contributed by atoms with Gasteiger partial charge in [-0.1, -0.05) is 5.16 Å². The third-order valence-electron chi connectivity index (χ3n) is 2.48. The first-order chi connectivity index (χ1) is 9.72. The summed E-state index contributed by atoms with van der Waals surface area (Å²) in [7, 11) is 3.14. The Kier molecular flexibility index (Phi) is 7.23. The van der Waals surface area contributed by atoms with Crippen LogP contribution in [0, 0.1) is 0 Å². The lowest BCUT2D eigenvalue weighted by molar-refractivity contribution is 0.0540. The van der Waals surface area contributed by atoms with Crippen LogP contribution < -0.4 is 15.2 Å². The molecule has 0 spiro atoms. The van der Waals surface area contributed by atoms with Gasteiger partial charge in [-0.15, -0.1) is 0 Å². The molecule has 0 saturated heterocycles. The number of nitrogens with two attached hydrogens (primary N) is 1. The van der Waals surface area contributed by atoms with E-state index in [1.807, 2.05) is 0 Å². The molecule has 0 aliphatic carbocycles. The molecule has 0 unspecified atom stereocenters. The molecule has 0 heterocycles. The molecular weight excluding hydrogens is 264 g/mol. The van der Waals surface area contributed by atoms with Gasteiger partial charge in [0.1, 0.15) is 6.61 Å². The number of ether oxygens (including phenoxy) is 4. The Labute approximate surface area is 117 Å². The highest BCUT2D eigenvalue weighted by atomic mass is 16.5. The molecule has 0 amide bonds. The van der Waals surface area contributed by atoms with Crippen LogP contribution in [0.3, 0.4) is 0 Å². The van der Waals surface area contributed by atoms with Crippen LogP contribution in [-0.4, -0.2) is 51.7 Å². The molecule has 7 heteroatoms. The highest BCUT2D eigenvalue weighted by Crippen LogP contribution is 2.27. The van der Waals surface area contributed by atoms with Crippen molar-refractivity contribution in [2.24, 2.45) is 10.9 Å². The van der Waals surface area contributed by atoms with Gasteiger partial charge in [-0.3, -0.25) is 0 Å². The van der Waals surface area contributed by atoms with E-state index in [2.05, 4.69) is 5.16 Å². The van der Waals surface area contributed by atoms with E-state index in [4.69, 9.17) is 29.9 Å². The monoisotopic (exact) mass is 284 g/mol. The summed E-state index contributed by atoms with van der Waals surface area (Å²) in [6.07, 6.45) is 0. The minimum atomic E-state index is 0.0118. The molecule has 0 bridgehead atoms. The number of oxime groups is 1. The average Bonchev–Trinajstić information content (AvgIpc) is 2.50. The smallest absolute Gasteiger partial charge is 0.170 e. The fourth-order valence-electron chi connectivity index (χ4n) is 1.46. The molecule has 1 aromatic carbocycles. The molecule has 0 aliphatic rings. The molecule has 7 nitrogen and oxygen atoms in total. The normalized spacial score (nSPS) is 11.4. The van der Waals surface area contributed by atoms with Crippen LogP contribution in [0.1, 0.15) is 5.56 Å². The van der Waals surface area contributed by atoms with Crippen molar-refractivity contribution >= 4 is 5.84 Å². The minimum absolute atomic E-state index is 0.0118. The fourth-order valence-corrected chi connectivity index (χ4v) is 1.46. The van der Waals surface area contributed by atoms with E-state index in [0.29, 0.717) is 43.5 Å². The summed E-state index contributed by atoms with van der Waals surface area (Å²) in [4.78, 5) is 0. The highest BCUT2D eigenvalue weighted by Gasteiger charge is 2.08. The summed E-state index contributed by atoms with van der Waals surface area (Å²) in [6, 6.07) is 5.01. The number of rotatable bonds is 9. The van der Waals surface area contributed by atoms with E-state index in [9.17, 15) is 0 Å². The summed E-state index contributed by atoms with van der Waals surface area (Å²) in [5.74, 6) is 1.08. The number of methoxy groups -OCH3 is 2. The summed E-state index contributed by atoms with van der Waals surface area (Å²) in [6.45, 7) is 1.93. The zero-order valence-corrected chi connectivity index (χ0v) is 11.7. The van der Waals surface area contributed by atoms with E-state index in [1.54, 1.807) is 25.3 Å². The topological polar surface area (TPSA) is 95.5 Å². The third kappa shape index (κ3) is 4.94. The van der Waals surface area contributed by atoms with Crippen LogP contribution in [0.25, 0.3) is 0 Å². The summed E-state index contributed by atoms with van der Waals surface area (Å²) >= 11 is 0. The summed E-state index contributed by atoms with van der Waals surface area (Å²) in [5, 5.41) is 11.6. The van der Waals surface area contributed by atoms with Crippen molar-refractivity contribution in [2.45, 2.75) is 0 Å². The lowest BCUT2D eigenvalue weighted by atomic mass is 10.2. The van der Waals surface area contributed by atoms with Gasteiger partial charge in [-0.05, 0) is 18.2 Å². The quantitative estimate of drug-likeness (QED) is 0.229. The second kappa shape index (κ2) is 9.00. The van der Waals surface area contributed by atoms with Gasteiger partial charge in [0.2, 0.25) is 0 Å². The molecule has 0 aromatic heterocycles. The van der Waals surface area contributed by atoms with Gasteiger partial charge in [-0.2, -0.15) is 0 Å². The minimum Gasteiger partial charge on any atom is -0.493 e. The molecule has 0 atom stereocenters. The Morgan fingerprint density at radius 2 is 1.90 bits per heavy atom. The van der Waals surface area contributed by atoms with Crippen molar-refractivity contribution in [3.05, 3.63) is 23.8 Å². The summed E-state index contributed by atoms with van der Waals surface area (Å²) in [5.41, 5.74) is 6.06. The maximum absolute atomic E-state index is 8.63. The highest BCUT2D eigenvalue weighted by molar-refractivity contribution is 5.97. The van der Waals surface area contributed by atoms with Gasteiger partial charge in [-0.25, -0.2) is 0 Å². The van der Waals surface area contributed by atoms with Crippen molar-refractivity contribution in [3.8, 4) is 11.5 Å². The van der Waals surface area contributed by atoms with Crippen LogP contribution >= 0.6 is 0 Å². The largest absolute Gasteiger partial charge is 0.493 e. The molecule has 112 valence electrons. The SMILES string of the molecule is COCCOCCOc1ccc(C(N)=NO)cc1OC. The Balaban J connectivity index is 2.53. The molecule has 3 N–H and O–H groups in total. The number of hydrogen-bond acceptors (Lipinski definition) is 6. The fraction of sp³-hybridized carbons (Fsp3) is 0.462. The van der Waals surface area contributed by atoms with Gasteiger partial charge < -0.3 is 29.9 Å². The van der Waals surface area contributed by atoms with Gasteiger partial charge in [0.05, 0.1) is 26.9 Å². The molecule has 0 radical (unpaired) electrons. The van der Waals surface area contributed by atoms with E-state index >= 15 is 0 Å². The average molecular weight is 284 g/mol. The molecular formula is C13H20N2O5. The van der Waals surface area contributed by atoms with Crippen molar-refractivity contribution in [1.29, 1.82) is 0 Å². The van der Waals surface area contributed by atoms with Gasteiger partial charge >= 0.3 is 0 Å². The van der Waals surface area contributed by atoms with Gasteiger partial charge in [0, 0.05) is 12.7 Å². The Hall–Kier alpha value is -1.99. The lowest BCUT2D eigenvalue weighted by Gasteiger charge is -2.12. The van der Waals surface area contributed by atoms with Crippen LogP contribution in [-0.2, 0) is 9.47 Å². The van der Waals surface area contributed by atoms with E-state index in [-0.39, 0.29) is 5.84 Å². The first-order valence-electron chi connectivity index (χ1n) is 6.08. The van der Waals surface area contributed by atoms with Crippen molar-refractivity contribution in [1.82, 2.24) is 0 Å². The van der Waals surface area contributed by atoms with E-state index < -0.39 is 0 Å². The number of nitrogens with zero attached hydrogens (tertiary/aromatic N) is 1. The van der Waals surface area contributed by atoms with Crippen molar-refractivity contribution < 1.29 is 24.2 Å². The Morgan fingerprint density at radius 1 is 1.15 bits per heavy atom. The number of amidine groups is 1. The van der Waals surface area contributed by atoms with Crippen molar-refractivity contribution in [3.63, 3.8) is 0 Å². The standard InChI is InChI=1S/C13H20N2O5/c1-17-5-6-19-7-8-20-11-4-3-10(13(14)15-16)9-12(11)18-2/h3-4,9,16H,5-8H2,1-2H3,(H2,14,15). The molecule has 0 fully saturated rings. The van der Waals surface area contributed by atoms with E-state index in [1.165, 1.54) is 7.11 Å². The maximum atomic E-state index is 8.63. The second-order valence-corrected chi connectivity index (χ2v) is 3.80. The third-order valence-corrected chi connectivity index (χ3v) is 2.48. The predicted octanol–water partition coefficient (Wildman–Crippen LogP) is 0.831. The predicted molar refractivity (Wildman–Crippen MR) is 73.7 cm³/mol. The molecule has 0 saturated carbocycles. The molecule has 1 rings (SSSR count). The zero-order valence-electron chi connectivity index (χ0n) is 11.7. The molecule has 0 aliphatic heterocycles. The Bertz CT molecular complexity index is 437. The first kappa shape index (κ1) is 16.1. The molecule has 1 aromatic rings. The zero-order chi connectivity index (χ0) is 14.8. The first-order valence-corrected chi connectivity index (χ1v) is 6.08. The van der Waals surface area contributed by atoms with Crippen LogP contribution in [0.5, 0.6) is 11.5 Å². The van der Waals surface area contributed by atoms with Crippen LogP contribution in [0.4, 0.5) is 0 Å².